The molecule has 1 fully saturated rings. The predicted molar refractivity (Wildman–Crippen MR) is 57.5 cm³/mol. The lowest BCUT2D eigenvalue weighted by Gasteiger charge is -2.25. The third-order valence-corrected chi connectivity index (χ3v) is 3.53. The molecule has 1 atom stereocenters. The van der Waals surface area contributed by atoms with Gasteiger partial charge in [0.25, 0.3) is 0 Å². The predicted octanol–water partition coefficient (Wildman–Crippen LogP) is 2.37. The van der Waals surface area contributed by atoms with Crippen LogP contribution >= 0.6 is 11.8 Å². The molecule has 0 unspecified atom stereocenters. The number of hydrogen-bond donors (Lipinski definition) is 1. The Morgan fingerprint density at radius 3 is 2.73 bits per heavy atom. The van der Waals surface area contributed by atoms with Crippen LogP contribution in [0.4, 0.5) is 4.39 Å². The first-order chi connectivity index (χ1) is 7.16. The summed E-state index contributed by atoms with van der Waals surface area (Å²) in [6.07, 6.45) is -0.620. The van der Waals surface area contributed by atoms with Gasteiger partial charge in [0.2, 0.25) is 0 Å². The Balaban J connectivity index is 2.11. The number of hydrogen-bond acceptors (Lipinski definition) is 3. The minimum atomic E-state index is -0.620. The molecule has 1 aliphatic heterocycles. The fourth-order valence-electron chi connectivity index (χ4n) is 1.33. The van der Waals surface area contributed by atoms with Crippen LogP contribution in [0.1, 0.15) is 18.6 Å². The summed E-state index contributed by atoms with van der Waals surface area (Å²) in [6.45, 7) is 3.02. The zero-order valence-corrected chi connectivity index (χ0v) is 9.26. The lowest BCUT2D eigenvalue weighted by Crippen LogP contribution is -2.30. The van der Waals surface area contributed by atoms with Crippen molar-refractivity contribution in [1.29, 1.82) is 0 Å². The fraction of sp³-hybridized carbons (Fsp3) is 0.455. The van der Waals surface area contributed by atoms with Crippen molar-refractivity contribution in [3.8, 4) is 0 Å². The average Bonchev–Trinajstić information content (AvgIpc) is 2.12. The molecule has 0 saturated carbocycles. The number of thioether (sulfide) groups is 1. The summed E-state index contributed by atoms with van der Waals surface area (Å²) >= 11 is 1.50. The van der Waals surface area contributed by atoms with Crippen molar-refractivity contribution in [3.63, 3.8) is 0 Å². The van der Waals surface area contributed by atoms with Crippen molar-refractivity contribution in [2.24, 2.45) is 0 Å². The van der Waals surface area contributed by atoms with Gasteiger partial charge in [-0.15, -0.1) is 11.8 Å². The molecule has 0 aliphatic carbocycles. The fourth-order valence-corrected chi connectivity index (χ4v) is 2.34. The summed E-state index contributed by atoms with van der Waals surface area (Å²) in [6, 6.07) is 4.88. The molecular weight excluding hydrogens is 215 g/mol. The van der Waals surface area contributed by atoms with Gasteiger partial charge in [-0.3, -0.25) is 0 Å². The SMILES string of the molecule is C[C@@H](O)c1ccc(SC2COC2)c(F)c1. The van der Waals surface area contributed by atoms with E-state index in [9.17, 15) is 9.50 Å². The van der Waals surface area contributed by atoms with E-state index in [2.05, 4.69) is 0 Å². The lowest BCUT2D eigenvalue weighted by atomic mass is 10.1. The van der Waals surface area contributed by atoms with Crippen molar-refractivity contribution in [2.75, 3.05) is 13.2 Å². The van der Waals surface area contributed by atoms with Crippen LogP contribution in [0.5, 0.6) is 0 Å². The van der Waals surface area contributed by atoms with Crippen LogP contribution in [0.25, 0.3) is 0 Å². The van der Waals surface area contributed by atoms with Crippen LogP contribution in [0, 0.1) is 5.82 Å². The number of aliphatic hydroxyl groups is 1. The summed E-state index contributed by atoms with van der Waals surface area (Å²) in [7, 11) is 0. The molecule has 1 aromatic rings. The molecule has 1 N–H and O–H groups in total. The summed E-state index contributed by atoms with van der Waals surface area (Å²) in [5.41, 5.74) is 0.613. The largest absolute Gasteiger partial charge is 0.389 e. The second-order valence-corrected chi connectivity index (χ2v) is 4.99. The van der Waals surface area contributed by atoms with Gasteiger partial charge in [-0.25, -0.2) is 4.39 Å². The van der Waals surface area contributed by atoms with Gasteiger partial charge in [-0.1, -0.05) is 6.07 Å². The van der Waals surface area contributed by atoms with E-state index in [1.54, 1.807) is 19.1 Å². The van der Waals surface area contributed by atoms with E-state index in [-0.39, 0.29) is 5.82 Å². The molecule has 0 bridgehead atoms. The minimum Gasteiger partial charge on any atom is -0.389 e. The first kappa shape index (κ1) is 10.9. The van der Waals surface area contributed by atoms with E-state index in [0.29, 0.717) is 28.9 Å². The van der Waals surface area contributed by atoms with Crippen LogP contribution in [0.2, 0.25) is 0 Å². The van der Waals surface area contributed by atoms with Gasteiger partial charge in [0, 0.05) is 4.90 Å². The Morgan fingerprint density at radius 2 is 2.27 bits per heavy atom. The minimum absolute atomic E-state index is 0.259. The van der Waals surface area contributed by atoms with Crippen molar-refractivity contribution in [2.45, 2.75) is 23.2 Å². The monoisotopic (exact) mass is 228 g/mol. The van der Waals surface area contributed by atoms with Crippen molar-refractivity contribution >= 4 is 11.8 Å². The lowest BCUT2D eigenvalue weighted by molar-refractivity contribution is 0.0455. The molecule has 82 valence electrons. The van der Waals surface area contributed by atoms with E-state index in [1.807, 2.05) is 0 Å². The van der Waals surface area contributed by atoms with E-state index < -0.39 is 6.10 Å². The highest BCUT2D eigenvalue weighted by Crippen LogP contribution is 2.31. The number of aliphatic hydroxyl groups excluding tert-OH is 1. The van der Waals surface area contributed by atoms with Crippen LogP contribution in [-0.2, 0) is 4.74 Å². The van der Waals surface area contributed by atoms with Gasteiger partial charge in [0.15, 0.2) is 0 Å². The highest BCUT2D eigenvalue weighted by molar-refractivity contribution is 8.00. The van der Waals surface area contributed by atoms with E-state index >= 15 is 0 Å². The summed E-state index contributed by atoms with van der Waals surface area (Å²) in [4.78, 5) is 0.632. The molecule has 1 aliphatic rings. The Morgan fingerprint density at radius 1 is 1.53 bits per heavy atom. The molecule has 1 saturated heterocycles. The van der Waals surface area contributed by atoms with Crippen molar-refractivity contribution in [1.82, 2.24) is 0 Å². The van der Waals surface area contributed by atoms with Gasteiger partial charge in [-0.05, 0) is 24.6 Å². The molecule has 4 heteroatoms. The topological polar surface area (TPSA) is 29.5 Å². The summed E-state index contributed by atoms with van der Waals surface area (Å²) < 4.78 is 18.6. The van der Waals surface area contributed by atoms with Gasteiger partial charge < -0.3 is 9.84 Å². The van der Waals surface area contributed by atoms with Gasteiger partial charge in [0.1, 0.15) is 5.82 Å². The van der Waals surface area contributed by atoms with Gasteiger partial charge in [-0.2, -0.15) is 0 Å². The molecule has 1 heterocycles. The Kier molecular flexibility index (Phi) is 3.29. The van der Waals surface area contributed by atoms with E-state index in [4.69, 9.17) is 4.74 Å². The molecular formula is C11H13FO2S. The second kappa shape index (κ2) is 4.51. The molecule has 2 rings (SSSR count). The number of ether oxygens (including phenoxy) is 1. The Hall–Kier alpha value is -0.580. The average molecular weight is 228 g/mol. The number of benzene rings is 1. The molecule has 0 aromatic heterocycles. The standard InChI is InChI=1S/C11H13FO2S/c1-7(13)8-2-3-11(10(12)4-8)15-9-5-14-6-9/h2-4,7,9,13H,5-6H2,1H3/t7-/m1/s1. The molecule has 0 spiro atoms. The van der Waals surface area contributed by atoms with Crippen LogP contribution in [0.3, 0.4) is 0 Å². The molecule has 2 nitrogen and oxygen atoms in total. The Bertz CT molecular complexity index is 350. The quantitative estimate of drug-likeness (QED) is 0.861. The number of rotatable bonds is 3. The Labute approximate surface area is 92.4 Å². The molecule has 0 amide bonds. The maximum atomic E-state index is 13.6. The molecule has 15 heavy (non-hydrogen) atoms. The summed E-state index contributed by atoms with van der Waals surface area (Å²) in [5, 5.41) is 9.66. The van der Waals surface area contributed by atoms with Crippen LogP contribution < -0.4 is 0 Å². The highest BCUT2D eigenvalue weighted by atomic mass is 32.2. The number of halogens is 1. The normalized spacial score (nSPS) is 18.6. The van der Waals surface area contributed by atoms with Crippen LogP contribution in [0.15, 0.2) is 23.1 Å². The van der Waals surface area contributed by atoms with E-state index in [0.717, 1.165) is 0 Å². The maximum absolute atomic E-state index is 13.6. The zero-order chi connectivity index (χ0) is 10.8. The summed E-state index contributed by atoms with van der Waals surface area (Å²) in [5.74, 6) is -0.259. The first-order valence-electron chi connectivity index (χ1n) is 4.88. The second-order valence-electron chi connectivity index (χ2n) is 3.64. The van der Waals surface area contributed by atoms with E-state index in [1.165, 1.54) is 17.8 Å². The maximum Gasteiger partial charge on any atom is 0.137 e. The highest BCUT2D eigenvalue weighted by Gasteiger charge is 2.21. The van der Waals surface area contributed by atoms with Gasteiger partial charge in [0.05, 0.1) is 24.6 Å². The molecule has 1 aromatic carbocycles. The third kappa shape index (κ3) is 2.51. The molecule has 0 radical (unpaired) electrons. The zero-order valence-electron chi connectivity index (χ0n) is 8.44. The van der Waals surface area contributed by atoms with Crippen LogP contribution in [-0.4, -0.2) is 23.6 Å². The first-order valence-corrected chi connectivity index (χ1v) is 5.76. The smallest absolute Gasteiger partial charge is 0.137 e. The van der Waals surface area contributed by atoms with Crippen molar-refractivity contribution < 1.29 is 14.2 Å². The third-order valence-electron chi connectivity index (χ3n) is 2.34. The van der Waals surface area contributed by atoms with Gasteiger partial charge >= 0.3 is 0 Å². The van der Waals surface area contributed by atoms with Crippen molar-refractivity contribution in [3.05, 3.63) is 29.6 Å².